The minimum Gasteiger partial charge on any atom is -0.478 e. The van der Waals surface area contributed by atoms with E-state index in [1.54, 1.807) is 12.1 Å². The van der Waals surface area contributed by atoms with E-state index in [2.05, 4.69) is 9.97 Å². The zero-order valence-electron chi connectivity index (χ0n) is 11.6. The van der Waals surface area contributed by atoms with E-state index in [0.29, 0.717) is 10.1 Å². The van der Waals surface area contributed by atoms with Gasteiger partial charge in [-0.05, 0) is 33.7 Å². The molecule has 2 rings (SSSR count). The van der Waals surface area contributed by atoms with Crippen molar-refractivity contribution in [2.45, 2.75) is 10.1 Å². The molecule has 0 saturated heterocycles. The van der Waals surface area contributed by atoms with Crippen molar-refractivity contribution in [2.24, 2.45) is 0 Å². The molecule has 24 heavy (non-hydrogen) atoms. The Balaban J connectivity index is 2.20. The van der Waals surface area contributed by atoms with Crippen LogP contribution in [-0.2, 0) is 0 Å². The van der Waals surface area contributed by atoms with E-state index in [9.17, 15) is 9.59 Å². The predicted molar refractivity (Wildman–Crippen MR) is 83.5 cm³/mol. The fourth-order valence-corrected chi connectivity index (χ4v) is 3.33. The molecule has 0 unspecified atom stereocenters. The molecule has 0 spiro atoms. The van der Waals surface area contributed by atoms with Gasteiger partial charge in [0, 0.05) is 12.4 Å². The fourth-order valence-electron chi connectivity index (χ4n) is 1.57. The van der Waals surface area contributed by atoms with Gasteiger partial charge in [-0.25, -0.2) is 19.6 Å². The molecule has 0 amide bonds. The molecule has 2 heterocycles. The molecular formula is C14H6N4O4S2. The first-order chi connectivity index (χ1) is 11.5. The molecule has 0 aromatic carbocycles. The van der Waals surface area contributed by atoms with Gasteiger partial charge in [-0.2, -0.15) is 10.5 Å². The number of carboxylic acids is 2. The summed E-state index contributed by atoms with van der Waals surface area (Å²) in [5.41, 5.74) is -0.426. The number of aromatic carboxylic acids is 2. The number of pyridine rings is 2. The van der Waals surface area contributed by atoms with Gasteiger partial charge in [0.2, 0.25) is 0 Å². The molecule has 0 radical (unpaired) electrons. The lowest BCUT2D eigenvalue weighted by Crippen LogP contribution is -2.02. The molecule has 0 aliphatic rings. The Hall–Kier alpha value is -3.08. The van der Waals surface area contributed by atoms with Gasteiger partial charge in [0.1, 0.15) is 22.2 Å². The molecule has 0 fully saturated rings. The lowest BCUT2D eigenvalue weighted by molar-refractivity contribution is 0.0685. The molecule has 0 saturated carbocycles. The van der Waals surface area contributed by atoms with Gasteiger partial charge >= 0.3 is 11.9 Å². The first-order valence-corrected chi connectivity index (χ1v) is 8.22. The molecular weight excluding hydrogens is 352 g/mol. The van der Waals surface area contributed by atoms with Crippen molar-refractivity contribution in [1.82, 2.24) is 9.97 Å². The molecule has 2 N–H and O–H groups in total. The Labute approximate surface area is 143 Å². The summed E-state index contributed by atoms with van der Waals surface area (Å²) in [5, 5.41) is 36.6. The van der Waals surface area contributed by atoms with Gasteiger partial charge in [-0.15, -0.1) is 0 Å². The molecule has 118 valence electrons. The molecule has 2 aromatic heterocycles. The van der Waals surface area contributed by atoms with Crippen molar-refractivity contribution >= 4 is 33.5 Å². The van der Waals surface area contributed by atoms with Crippen LogP contribution in [0.2, 0.25) is 0 Å². The van der Waals surface area contributed by atoms with Crippen LogP contribution >= 0.6 is 21.6 Å². The summed E-state index contributed by atoms with van der Waals surface area (Å²) < 4.78 is 0. The van der Waals surface area contributed by atoms with E-state index in [-0.39, 0.29) is 22.3 Å². The highest BCUT2D eigenvalue weighted by atomic mass is 33.1. The summed E-state index contributed by atoms with van der Waals surface area (Å²) in [4.78, 5) is 29.7. The van der Waals surface area contributed by atoms with Crippen molar-refractivity contribution in [3.63, 3.8) is 0 Å². The minimum atomic E-state index is -1.24. The number of nitriles is 2. The largest absolute Gasteiger partial charge is 0.478 e. The number of rotatable bonds is 5. The summed E-state index contributed by atoms with van der Waals surface area (Å²) in [6, 6.07) is 6.24. The second kappa shape index (κ2) is 7.46. The maximum atomic E-state index is 10.9. The SMILES string of the molecule is N#Cc1cc(SSc2cc(C#N)c(C(=O)O)cn2)ncc1C(=O)O. The van der Waals surface area contributed by atoms with Crippen LogP contribution in [0.3, 0.4) is 0 Å². The highest BCUT2D eigenvalue weighted by Gasteiger charge is 2.14. The number of carboxylic acid groups (broad SMARTS) is 2. The topological polar surface area (TPSA) is 148 Å². The third-order valence-corrected chi connectivity index (χ3v) is 4.82. The second-order valence-electron chi connectivity index (χ2n) is 4.14. The number of hydrogen-bond acceptors (Lipinski definition) is 8. The summed E-state index contributed by atoms with van der Waals surface area (Å²) in [7, 11) is 2.20. The van der Waals surface area contributed by atoms with Crippen LogP contribution in [0.1, 0.15) is 31.8 Å². The van der Waals surface area contributed by atoms with E-state index in [4.69, 9.17) is 20.7 Å². The number of carbonyl (C=O) groups is 2. The van der Waals surface area contributed by atoms with Crippen LogP contribution < -0.4 is 0 Å². The van der Waals surface area contributed by atoms with E-state index in [1.165, 1.54) is 12.1 Å². The summed E-state index contributed by atoms with van der Waals surface area (Å²) in [6.45, 7) is 0. The second-order valence-corrected chi connectivity index (χ2v) is 6.31. The molecule has 0 bridgehead atoms. The number of hydrogen-bond donors (Lipinski definition) is 2. The van der Waals surface area contributed by atoms with Crippen LogP contribution in [0.4, 0.5) is 0 Å². The van der Waals surface area contributed by atoms with Crippen molar-refractivity contribution < 1.29 is 19.8 Å². The van der Waals surface area contributed by atoms with Crippen molar-refractivity contribution in [1.29, 1.82) is 10.5 Å². The first kappa shape index (κ1) is 17.3. The van der Waals surface area contributed by atoms with Gasteiger partial charge in [0.05, 0.1) is 22.3 Å². The number of aromatic nitrogens is 2. The van der Waals surface area contributed by atoms with E-state index in [0.717, 1.165) is 34.0 Å². The average Bonchev–Trinajstić information content (AvgIpc) is 2.58. The molecule has 8 nitrogen and oxygen atoms in total. The standard InChI is InChI=1S/C14H6N4O4S2/c15-3-7-1-11(17-5-9(7)13(19)20)23-24-12-2-8(4-16)10(6-18-12)14(21)22/h1-2,5-6H,(H,19,20)(H,21,22). The van der Waals surface area contributed by atoms with Crippen LogP contribution in [0, 0.1) is 22.7 Å². The molecule has 0 aliphatic heterocycles. The fraction of sp³-hybridized carbons (Fsp3) is 0. The maximum Gasteiger partial charge on any atom is 0.338 e. The Bertz CT molecular complexity index is 842. The zero-order valence-corrected chi connectivity index (χ0v) is 13.3. The van der Waals surface area contributed by atoms with Gasteiger partial charge in [0.25, 0.3) is 0 Å². The van der Waals surface area contributed by atoms with Gasteiger partial charge in [-0.1, -0.05) is 0 Å². The smallest absolute Gasteiger partial charge is 0.338 e. The maximum absolute atomic E-state index is 10.9. The third kappa shape index (κ3) is 3.81. The summed E-state index contributed by atoms with van der Waals surface area (Å²) in [6.07, 6.45) is 2.18. The minimum absolute atomic E-state index is 0.0208. The predicted octanol–water partition coefficient (Wildman–Crippen LogP) is 2.42. The van der Waals surface area contributed by atoms with E-state index in [1.807, 2.05) is 0 Å². The van der Waals surface area contributed by atoms with Crippen molar-refractivity contribution in [2.75, 3.05) is 0 Å². The summed E-state index contributed by atoms with van der Waals surface area (Å²) in [5.74, 6) is -2.49. The highest BCUT2D eigenvalue weighted by Crippen LogP contribution is 2.36. The van der Waals surface area contributed by atoms with Crippen molar-refractivity contribution in [3.8, 4) is 12.1 Å². The Morgan fingerprint density at radius 3 is 1.54 bits per heavy atom. The molecule has 2 aromatic rings. The highest BCUT2D eigenvalue weighted by molar-refractivity contribution is 8.76. The van der Waals surface area contributed by atoms with Gasteiger partial charge in [-0.3, -0.25) is 0 Å². The average molecular weight is 358 g/mol. The Kier molecular flexibility index (Phi) is 5.37. The van der Waals surface area contributed by atoms with Crippen LogP contribution in [0.15, 0.2) is 34.6 Å². The quantitative estimate of drug-likeness (QED) is 0.763. The zero-order chi connectivity index (χ0) is 17.7. The lowest BCUT2D eigenvalue weighted by atomic mass is 10.1. The van der Waals surface area contributed by atoms with Crippen LogP contribution in [-0.4, -0.2) is 32.1 Å². The van der Waals surface area contributed by atoms with Crippen LogP contribution in [0.25, 0.3) is 0 Å². The Morgan fingerprint density at radius 1 is 0.875 bits per heavy atom. The van der Waals surface area contributed by atoms with Crippen LogP contribution in [0.5, 0.6) is 0 Å². The molecule has 0 atom stereocenters. The lowest BCUT2D eigenvalue weighted by Gasteiger charge is -2.04. The van der Waals surface area contributed by atoms with Gasteiger partial charge in [0.15, 0.2) is 0 Å². The first-order valence-electron chi connectivity index (χ1n) is 6.07. The van der Waals surface area contributed by atoms with E-state index < -0.39 is 11.9 Å². The number of nitrogens with zero attached hydrogens (tertiary/aromatic N) is 4. The normalized spacial score (nSPS) is 9.75. The monoisotopic (exact) mass is 358 g/mol. The third-order valence-electron chi connectivity index (χ3n) is 2.67. The summed E-state index contributed by atoms with van der Waals surface area (Å²) >= 11 is 0. The van der Waals surface area contributed by atoms with Gasteiger partial charge < -0.3 is 10.2 Å². The molecule has 10 heteroatoms. The van der Waals surface area contributed by atoms with Crippen molar-refractivity contribution in [3.05, 3.63) is 46.8 Å². The van der Waals surface area contributed by atoms with E-state index >= 15 is 0 Å². The molecule has 0 aliphatic carbocycles. The Morgan fingerprint density at radius 2 is 1.25 bits per heavy atom.